The third-order valence-electron chi connectivity index (χ3n) is 4.40. The van der Waals surface area contributed by atoms with E-state index in [0.29, 0.717) is 23.7 Å². The Hall–Kier alpha value is -3.09. The number of carboxylic acid groups (broad SMARTS) is 1. The Balaban J connectivity index is 2.13. The highest BCUT2D eigenvalue weighted by Crippen LogP contribution is 2.32. The number of nitrogens with zero attached hydrogens (tertiary/aromatic N) is 1. The summed E-state index contributed by atoms with van der Waals surface area (Å²) in [5.41, 5.74) is 1.17. The van der Waals surface area contributed by atoms with Crippen LogP contribution in [0.3, 0.4) is 0 Å². The standard InChI is InChI=1S/C20H24N2O5/c1-12-14(19(24)25)7-8-15(22-12)18(23)21-11-20(2,3)13-6-9-16(26-4)17(10-13)27-5/h6-10H,11H2,1-5H3,(H,21,23)(H,24,25). The number of aryl methyl sites for hydroxylation is 1. The highest BCUT2D eigenvalue weighted by atomic mass is 16.5. The topological polar surface area (TPSA) is 97.8 Å². The van der Waals surface area contributed by atoms with Gasteiger partial charge in [0.15, 0.2) is 11.5 Å². The first kappa shape index (κ1) is 20.2. The van der Waals surface area contributed by atoms with Gasteiger partial charge in [-0.25, -0.2) is 9.78 Å². The van der Waals surface area contributed by atoms with E-state index in [9.17, 15) is 9.59 Å². The van der Waals surface area contributed by atoms with Crippen molar-refractivity contribution in [1.29, 1.82) is 0 Å². The second kappa shape index (κ2) is 8.07. The van der Waals surface area contributed by atoms with Crippen LogP contribution in [0.2, 0.25) is 0 Å². The second-order valence-electron chi connectivity index (χ2n) is 6.77. The molecule has 1 heterocycles. The van der Waals surface area contributed by atoms with Gasteiger partial charge in [0.25, 0.3) is 5.91 Å². The number of pyridine rings is 1. The number of hydrogen-bond acceptors (Lipinski definition) is 5. The van der Waals surface area contributed by atoms with Crippen LogP contribution in [0.15, 0.2) is 30.3 Å². The van der Waals surface area contributed by atoms with Gasteiger partial charge in [0.1, 0.15) is 5.69 Å². The number of benzene rings is 1. The third-order valence-corrected chi connectivity index (χ3v) is 4.40. The summed E-state index contributed by atoms with van der Waals surface area (Å²) < 4.78 is 10.6. The number of nitrogens with one attached hydrogen (secondary N) is 1. The molecule has 0 atom stereocenters. The molecule has 0 fully saturated rings. The first-order valence-electron chi connectivity index (χ1n) is 8.41. The molecule has 1 aromatic heterocycles. The molecule has 0 saturated carbocycles. The van der Waals surface area contributed by atoms with Crippen LogP contribution in [0.5, 0.6) is 11.5 Å². The fourth-order valence-electron chi connectivity index (χ4n) is 2.66. The summed E-state index contributed by atoms with van der Waals surface area (Å²) >= 11 is 0. The van der Waals surface area contributed by atoms with Gasteiger partial charge in [0, 0.05) is 12.0 Å². The van der Waals surface area contributed by atoms with E-state index in [4.69, 9.17) is 14.6 Å². The van der Waals surface area contributed by atoms with Crippen molar-refractivity contribution >= 4 is 11.9 Å². The largest absolute Gasteiger partial charge is 0.493 e. The molecular weight excluding hydrogens is 348 g/mol. The van der Waals surface area contributed by atoms with Gasteiger partial charge in [0.2, 0.25) is 0 Å². The number of aromatic nitrogens is 1. The van der Waals surface area contributed by atoms with Gasteiger partial charge in [0.05, 0.1) is 25.5 Å². The Kier molecular flexibility index (Phi) is 6.05. The first-order chi connectivity index (χ1) is 12.7. The van der Waals surface area contributed by atoms with Gasteiger partial charge in [-0.1, -0.05) is 19.9 Å². The van der Waals surface area contributed by atoms with Crippen molar-refractivity contribution in [3.63, 3.8) is 0 Å². The molecule has 7 heteroatoms. The van der Waals surface area contributed by atoms with Gasteiger partial charge < -0.3 is 19.9 Å². The lowest BCUT2D eigenvalue weighted by Gasteiger charge is -2.26. The normalized spacial score (nSPS) is 11.0. The maximum atomic E-state index is 12.4. The van der Waals surface area contributed by atoms with Crippen molar-refractivity contribution in [3.8, 4) is 11.5 Å². The van der Waals surface area contributed by atoms with E-state index >= 15 is 0 Å². The smallest absolute Gasteiger partial charge is 0.337 e. The summed E-state index contributed by atoms with van der Waals surface area (Å²) in [5.74, 6) is -0.166. The number of aromatic carboxylic acids is 1. The second-order valence-corrected chi connectivity index (χ2v) is 6.77. The Morgan fingerprint density at radius 1 is 1.11 bits per heavy atom. The molecule has 0 saturated heterocycles. The van der Waals surface area contributed by atoms with E-state index < -0.39 is 5.97 Å². The van der Waals surface area contributed by atoms with Crippen LogP contribution in [0.1, 0.15) is 46.0 Å². The van der Waals surface area contributed by atoms with E-state index in [1.54, 1.807) is 21.1 Å². The zero-order chi connectivity index (χ0) is 20.2. The van der Waals surface area contributed by atoms with Crippen molar-refractivity contribution in [2.24, 2.45) is 0 Å². The van der Waals surface area contributed by atoms with Crippen LogP contribution >= 0.6 is 0 Å². The third kappa shape index (κ3) is 4.55. The van der Waals surface area contributed by atoms with E-state index in [-0.39, 0.29) is 22.6 Å². The minimum absolute atomic E-state index is 0.0807. The van der Waals surface area contributed by atoms with E-state index in [2.05, 4.69) is 10.3 Å². The summed E-state index contributed by atoms with van der Waals surface area (Å²) in [6, 6.07) is 8.44. The van der Waals surface area contributed by atoms with E-state index in [1.165, 1.54) is 12.1 Å². The number of carbonyl (C=O) groups excluding carboxylic acids is 1. The van der Waals surface area contributed by atoms with Gasteiger partial charge in [-0.15, -0.1) is 0 Å². The van der Waals surface area contributed by atoms with Crippen molar-refractivity contribution in [2.45, 2.75) is 26.2 Å². The van der Waals surface area contributed by atoms with E-state index in [1.807, 2.05) is 32.0 Å². The zero-order valence-corrected chi connectivity index (χ0v) is 16.1. The number of rotatable bonds is 7. The number of amides is 1. The summed E-state index contributed by atoms with van der Waals surface area (Å²) in [7, 11) is 3.15. The highest BCUT2D eigenvalue weighted by Gasteiger charge is 2.24. The fourth-order valence-corrected chi connectivity index (χ4v) is 2.66. The average Bonchev–Trinajstić information content (AvgIpc) is 2.65. The predicted octanol–water partition coefficient (Wildman–Crippen LogP) is 2.81. The fraction of sp³-hybridized carbons (Fsp3) is 0.350. The molecule has 0 bridgehead atoms. The van der Waals surface area contributed by atoms with Gasteiger partial charge in [-0.3, -0.25) is 4.79 Å². The molecule has 0 aliphatic rings. The maximum Gasteiger partial charge on any atom is 0.337 e. The monoisotopic (exact) mass is 372 g/mol. The van der Waals surface area contributed by atoms with Gasteiger partial charge >= 0.3 is 5.97 Å². The molecule has 2 rings (SSSR count). The molecule has 0 aliphatic heterocycles. The summed E-state index contributed by atoms with van der Waals surface area (Å²) in [4.78, 5) is 27.6. The van der Waals surface area contributed by atoms with Crippen LogP contribution in [0.4, 0.5) is 0 Å². The van der Waals surface area contributed by atoms with Crippen molar-refractivity contribution in [2.75, 3.05) is 20.8 Å². The van der Waals surface area contributed by atoms with Gasteiger partial charge in [-0.05, 0) is 36.8 Å². The lowest BCUT2D eigenvalue weighted by molar-refractivity contribution is 0.0694. The first-order valence-corrected chi connectivity index (χ1v) is 8.41. The Morgan fingerprint density at radius 3 is 2.33 bits per heavy atom. The van der Waals surface area contributed by atoms with Crippen molar-refractivity contribution in [1.82, 2.24) is 10.3 Å². The summed E-state index contributed by atoms with van der Waals surface area (Å²) in [6.45, 7) is 5.93. The van der Waals surface area contributed by atoms with Crippen LogP contribution < -0.4 is 14.8 Å². The maximum absolute atomic E-state index is 12.4. The van der Waals surface area contributed by atoms with Crippen LogP contribution in [0.25, 0.3) is 0 Å². The van der Waals surface area contributed by atoms with Crippen molar-refractivity contribution in [3.05, 3.63) is 52.8 Å². The quantitative estimate of drug-likeness (QED) is 0.776. The minimum Gasteiger partial charge on any atom is -0.493 e. The molecule has 2 aromatic rings. The molecule has 0 spiro atoms. The Labute approximate surface area is 158 Å². The highest BCUT2D eigenvalue weighted by molar-refractivity contribution is 5.94. The van der Waals surface area contributed by atoms with E-state index in [0.717, 1.165) is 5.56 Å². The predicted molar refractivity (Wildman–Crippen MR) is 101 cm³/mol. The number of hydrogen-bond donors (Lipinski definition) is 2. The molecule has 1 amide bonds. The van der Waals surface area contributed by atoms with Crippen LogP contribution in [0, 0.1) is 6.92 Å². The summed E-state index contributed by atoms with van der Waals surface area (Å²) in [5, 5.41) is 11.9. The zero-order valence-electron chi connectivity index (χ0n) is 16.1. The Bertz CT molecular complexity index is 861. The van der Waals surface area contributed by atoms with Crippen LogP contribution in [-0.4, -0.2) is 42.7 Å². The molecular formula is C20H24N2O5. The Morgan fingerprint density at radius 2 is 1.78 bits per heavy atom. The molecule has 144 valence electrons. The minimum atomic E-state index is -1.07. The number of ether oxygens (including phenoxy) is 2. The number of methoxy groups -OCH3 is 2. The molecule has 0 unspecified atom stereocenters. The van der Waals surface area contributed by atoms with Gasteiger partial charge in [-0.2, -0.15) is 0 Å². The molecule has 0 aliphatic carbocycles. The SMILES string of the molecule is COc1ccc(C(C)(C)CNC(=O)c2ccc(C(=O)O)c(C)n2)cc1OC. The lowest BCUT2D eigenvalue weighted by atomic mass is 9.84. The molecule has 27 heavy (non-hydrogen) atoms. The summed E-state index contributed by atoms with van der Waals surface area (Å²) in [6.07, 6.45) is 0. The number of carboxylic acids is 1. The molecule has 7 nitrogen and oxygen atoms in total. The number of carbonyl (C=O) groups is 2. The van der Waals surface area contributed by atoms with Crippen molar-refractivity contribution < 1.29 is 24.2 Å². The molecule has 1 aromatic carbocycles. The van der Waals surface area contributed by atoms with Crippen LogP contribution in [-0.2, 0) is 5.41 Å². The average molecular weight is 372 g/mol. The molecule has 2 N–H and O–H groups in total. The molecule has 0 radical (unpaired) electrons. The lowest BCUT2D eigenvalue weighted by Crippen LogP contribution is -2.37.